The summed E-state index contributed by atoms with van der Waals surface area (Å²) in [4.78, 5) is 4.95. The fraction of sp³-hybridized carbons (Fsp3) is 0.619. The highest BCUT2D eigenvalue weighted by Crippen LogP contribution is 2.37. The number of aryl methyl sites for hydroxylation is 2. The number of rotatable bonds is 6. The number of nitrogens with zero attached hydrogens (tertiary/aromatic N) is 3. The van der Waals surface area contributed by atoms with E-state index in [1.165, 1.54) is 48.0 Å². The third-order valence-corrected chi connectivity index (χ3v) is 5.68. The Morgan fingerprint density at radius 1 is 1.12 bits per heavy atom. The number of anilines is 1. The summed E-state index contributed by atoms with van der Waals surface area (Å²) >= 11 is 0. The van der Waals surface area contributed by atoms with Crippen LogP contribution in [0.25, 0.3) is 10.9 Å². The predicted molar refractivity (Wildman–Crippen MR) is 105 cm³/mol. The van der Waals surface area contributed by atoms with Crippen molar-refractivity contribution in [2.24, 2.45) is 0 Å². The maximum atomic E-state index is 2.63. The Hall–Kier alpha value is -1.48. The summed E-state index contributed by atoms with van der Waals surface area (Å²) < 4.78 is 2.63. The van der Waals surface area contributed by atoms with E-state index in [-0.39, 0.29) is 0 Å². The summed E-state index contributed by atoms with van der Waals surface area (Å²) in [5.41, 5.74) is 7.52. The Labute approximate surface area is 147 Å². The molecular weight excluding hydrogens is 294 g/mol. The van der Waals surface area contributed by atoms with Crippen LogP contribution in [0, 0.1) is 6.92 Å². The Morgan fingerprint density at radius 3 is 2.54 bits per heavy atom. The summed E-state index contributed by atoms with van der Waals surface area (Å²) in [6.07, 6.45) is 3.71. The lowest BCUT2D eigenvalue weighted by atomic mass is 10.00. The molecule has 0 bridgehead atoms. The quantitative estimate of drug-likeness (QED) is 0.769. The molecule has 2 heterocycles. The number of fused-ring (bicyclic) bond motifs is 3. The summed E-state index contributed by atoms with van der Waals surface area (Å²) in [5.74, 6) is 0. The summed E-state index contributed by atoms with van der Waals surface area (Å²) in [5, 5.41) is 1.53. The zero-order valence-electron chi connectivity index (χ0n) is 16.2. The van der Waals surface area contributed by atoms with Gasteiger partial charge in [0, 0.05) is 61.4 Å². The van der Waals surface area contributed by atoms with Gasteiger partial charge in [-0.2, -0.15) is 0 Å². The van der Waals surface area contributed by atoms with Crippen molar-refractivity contribution in [2.45, 2.75) is 60.0 Å². The average molecular weight is 328 g/mol. The van der Waals surface area contributed by atoms with Crippen molar-refractivity contribution >= 4 is 16.6 Å². The fourth-order valence-corrected chi connectivity index (χ4v) is 4.33. The van der Waals surface area contributed by atoms with Gasteiger partial charge in [-0.3, -0.25) is 0 Å². The Kier molecular flexibility index (Phi) is 5.19. The lowest BCUT2D eigenvalue weighted by Gasteiger charge is -2.25. The molecule has 0 aliphatic carbocycles. The van der Waals surface area contributed by atoms with Gasteiger partial charge in [-0.25, -0.2) is 0 Å². The lowest BCUT2D eigenvalue weighted by molar-refractivity contribution is 0.309. The van der Waals surface area contributed by atoms with Gasteiger partial charge in [-0.05, 0) is 57.5 Å². The molecule has 0 atom stereocenters. The van der Waals surface area contributed by atoms with E-state index in [0.717, 1.165) is 26.2 Å². The molecule has 0 saturated heterocycles. The largest absolute Gasteiger partial charge is 0.372 e. The van der Waals surface area contributed by atoms with E-state index in [1.54, 1.807) is 11.3 Å². The van der Waals surface area contributed by atoms with Gasteiger partial charge in [0.15, 0.2) is 0 Å². The molecule has 3 nitrogen and oxygen atoms in total. The summed E-state index contributed by atoms with van der Waals surface area (Å²) in [7, 11) is 2.25. The van der Waals surface area contributed by atoms with Gasteiger partial charge < -0.3 is 14.4 Å². The molecule has 3 heteroatoms. The van der Waals surface area contributed by atoms with Crippen molar-refractivity contribution in [2.75, 3.05) is 31.6 Å². The zero-order valence-corrected chi connectivity index (χ0v) is 16.2. The molecule has 0 fully saturated rings. The molecule has 1 aliphatic heterocycles. The van der Waals surface area contributed by atoms with Gasteiger partial charge >= 0.3 is 0 Å². The van der Waals surface area contributed by atoms with Crippen LogP contribution in [0.2, 0.25) is 0 Å². The van der Waals surface area contributed by atoms with E-state index in [2.05, 4.69) is 61.2 Å². The number of aromatic nitrogens is 1. The molecule has 0 saturated carbocycles. The van der Waals surface area contributed by atoms with Crippen molar-refractivity contribution in [1.82, 2.24) is 9.47 Å². The second kappa shape index (κ2) is 7.18. The highest BCUT2D eigenvalue weighted by Gasteiger charge is 2.24. The van der Waals surface area contributed by atoms with Crippen LogP contribution in [-0.4, -0.2) is 36.1 Å². The number of likely N-dealkylation sites (N-methyl/N-ethyl adjacent to an activating group) is 1. The highest BCUT2D eigenvalue weighted by molar-refractivity contribution is 5.93. The second-order valence-electron chi connectivity index (χ2n) is 7.19. The van der Waals surface area contributed by atoms with Crippen LogP contribution in [0.5, 0.6) is 0 Å². The topological polar surface area (TPSA) is 11.4 Å². The predicted octanol–water partition coefficient (Wildman–Crippen LogP) is 4.58. The van der Waals surface area contributed by atoms with Crippen LogP contribution in [0.15, 0.2) is 12.1 Å². The van der Waals surface area contributed by atoms with Crippen LogP contribution in [0.1, 0.15) is 50.4 Å². The summed E-state index contributed by atoms with van der Waals surface area (Å²) in [6.45, 7) is 14.7. The van der Waals surface area contributed by atoms with Crippen molar-refractivity contribution in [3.8, 4) is 0 Å². The number of hydrogen-bond donors (Lipinski definition) is 0. The third-order valence-electron chi connectivity index (χ3n) is 5.68. The molecule has 1 aromatic heterocycles. The molecule has 1 aliphatic rings. The Balaban J connectivity index is 2.21. The fourth-order valence-electron chi connectivity index (χ4n) is 4.33. The van der Waals surface area contributed by atoms with E-state index in [1.807, 2.05) is 0 Å². The molecular formula is C21H33N3. The van der Waals surface area contributed by atoms with E-state index in [0.29, 0.717) is 0 Å². The van der Waals surface area contributed by atoms with Gasteiger partial charge in [0.05, 0.1) is 0 Å². The van der Waals surface area contributed by atoms with E-state index in [4.69, 9.17) is 0 Å². The molecule has 0 amide bonds. The SMILES string of the molecule is CCCCn1c2c(c3c(C)c(N(CC)CC)ccc31)CN(C)CC2. The van der Waals surface area contributed by atoms with Crippen molar-refractivity contribution < 1.29 is 0 Å². The molecule has 0 N–H and O–H groups in total. The molecule has 132 valence electrons. The van der Waals surface area contributed by atoms with Crippen LogP contribution < -0.4 is 4.90 Å². The minimum absolute atomic E-state index is 1.07. The Bertz CT molecular complexity index is 710. The van der Waals surface area contributed by atoms with Gasteiger partial charge in [0.2, 0.25) is 0 Å². The first-order valence-electron chi connectivity index (χ1n) is 9.69. The monoisotopic (exact) mass is 327 g/mol. The van der Waals surface area contributed by atoms with Gasteiger partial charge in [-0.1, -0.05) is 13.3 Å². The standard InChI is InChI=1S/C21H33N3/c1-6-9-13-24-19-12-14-22(5)15-17(19)21-16(4)18(10-11-20(21)24)23(7-2)8-3/h10-11H,6-9,12-15H2,1-5H3. The van der Waals surface area contributed by atoms with Crippen LogP contribution in [-0.2, 0) is 19.5 Å². The number of benzene rings is 1. The lowest BCUT2D eigenvalue weighted by Crippen LogP contribution is -2.27. The molecule has 0 unspecified atom stereocenters. The first-order chi connectivity index (χ1) is 11.6. The van der Waals surface area contributed by atoms with Gasteiger partial charge in [0.1, 0.15) is 0 Å². The Morgan fingerprint density at radius 2 is 1.88 bits per heavy atom. The molecule has 3 rings (SSSR count). The maximum absolute atomic E-state index is 2.63. The average Bonchev–Trinajstić information content (AvgIpc) is 2.89. The smallest absolute Gasteiger partial charge is 0.0490 e. The minimum atomic E-state index is 1.07. The molecule has 0 radical (unpaired) electrons. The van der Waals surface area contributed by atoms with Crippen molar-refractivity contribution in [3.05, 3.63) is 29.0 Å². The third kappa shape index (κ3) is 2.83. The molecule has 24 heavy (non-hydrogen) atoms. The van der Waals surface area contributed by atoms with Crippen LogP contribution >= 0.6 is 0 Å². The van der Waals surface area contributed by atoms with Crippen molar-refractivity contribution in [1.29, 1.82) is 0 Å². The first kappa shape index (κ1) is 17.3. The van der Waals surface area contributed by atoms with Gasteiger partial charge in [-0.15, -0.1) is 0 Å². The summed E-state index contributed by atoms with van der Waals surface area (Å²) in [6, 6.07) is 4.73. The van der Waals surface area contributed by atoms with Crippen LogP contribution in [0.4, 0.5) is 5.69 Å². The van der Waals surface area contributed by atoms with E-state index >= 15 is 0 Å². The number of unbranched alkanes of at least 4 members (excludes halogenated alkanes) is 1. The minimum Gasteiger partial charge on any atom is -0.372 e. The van der Waals surface area contributed by atoms with Gasteiger partial charge in [0.25, 0.3) is 0 Å². The second-order valence-corrected chi connectivity index (χ2v) is 7.19. The van der Waals surface area contributed by atoms with E-state index in [9.17, 15) is 0 Å². The number of hydrogen-bond acceptors (Lipinski definition) is 2. The van der Waals surface area contributed by atoms with Crippen molar-refractivity contribution in [3.63, 3.8) is 0 Å². The highest BCUT2D eigenvalue weighted by atomic mass is 15.1. The molecule has 2 aromatic rings. The first-order valence-corrected chi connectivity index (χ1v) is 9.69. The normalized spacial score (nSPS) is 15.0. The molecule has 1 aromatic carbocycles. The van der Waals surface area contributed by atoms with Crippen LogP contribution in [0.3, 0.4) is 0 Å². The zero-order chi connectivity index (χ0) is 17.3. The maximum Gasteiger partial charge on any atom is 0.0490 e. The molecule has 0 spiro atoms. The van der Waals surface area contributed by atoms with E-state index < -0.39 is 0 Å².